The first-order valence-corrected chi connectivity index (χ1v) is 6.98. The molecule has 0 radical (unpaired) electrons. The number of halogens is 1. The molecular formula is C20H12ClK. The van der Waals surface area contributed by atoms with Crippen LogP contribution >= 0.6 is 0 Å². The summed E-state index contributed by atoms with van der Waals surface area (Å²) >= 11 is 0. The molecule has 100 valence electrons. The van der Waals surface area contributed by atoms with Crippen molar-refractivity contribution in [1.29, 1.82) is 0 Å². The van der Waals surface area contributed by atoms with Crippen LogP contribution in [0.3, 0.4) is 0 Å². The second-order valence-corrected chi connectivity index (χ2v) is 5.42. The molecule has 0 N–H and O–H groups in total. The van der Waals surface area contributed by atoms with Crippen molar-refractivity contribution in [2.24, 2.45) is 0 Å². The van der Waals surface area contributed by atoms with Crippen LogP contribution in [0.1, 0.15) is 0 Å². The molecule has 0 nitrogen and oxygen atoms in total. The van der Waals surface area contributed by atoms with E-state index in [-0.39, 0.29) is 63.8 Å². The van der Waals surface area contributed by atoms with Gasteiger partial charge in [0.15, 0.2) is 0 Å². The van der Waals surface area contributed by atoms with Gasteiger partial charge in [0, 0.05) is 0 Å². The van der Waals surface area contributed by atoms with Crippen LogP contribution in [-0.2, 0) is 0 Å². The predicted octanol–water partition coefficient (Wildman–Crippen LogP) is -0.255. The van der Waals surface area contributed by atoms with Gasteiger partial charge in [-0.1, -0.05) is 72.8 Å². The molecule has 0 aliphatic carbocycles. The Morgan fingerprint density at radius 2 is 0.682 bits per heavy atom. The fourth-order valence-electron chi connectivity index (χ4n) is 3.58. The van der Waals surface area contributed by atoms with Crippen LogP contribution in [0.5, 0.6) is 0 Å². The molecule has 5 rings (SSSR count). The smallest absolute Gasteiger partial charge is 1.00 e. The van der Waals surface area contributed by atoms with Crippen molar-refractivity contribution in [1.82, 2.24) is 0 Å². The zero-order valence-electron chi connectivity index (χ0n) is 12.3. The molecule has 0 unspecified atom stereocenters. The summed E-state index contributed by atoms with van der Waals surface area (Å²) in [4.78, 5) is 0. The van der Waals surface area contributed by atoms with Crippen LogP contribution in [0.2, 0.25) is 0 Å². The van der Waals surface area contributed by atoms with Crippen molar-refractivity contribution in [3.63, 3.8) is 0 Å². The number of benzene rings is 5. The molecule has 5 aromatic carbocycles. The van der Waals surface area contributed by atoms with Crippen LogP contribution in [0, 0.1) is 0 Å². The van der Waals surface area contributed by atoms with Crippen molar-refractivity contribution < 1.29 is 63.8 Å². The zero-order chi connectivity index (χ0) is 13.1. The third-order valence-electron chi connectivity index (χ3n) is 4.39. The first kappa shape index (κ1) is 16.2. The third kappa shape index (κ3) is 2.12. The molecule has 0 bridgehead atoms. The van der Waals surface area contributed by atoms with Crippen LogP contribution in [0.25, 0.3) is 43.1 Å². The summed E-state index contributed by atoms with van der Waals surface area (Å²) in [6.07, 6.45) is 0. The quantitative estimate of drug-likeness (QED) is 0.209. The van der Waals surface area contributed by atoms with E-state index in [1.54, 1.807) is 0 Å². The van der Waals surface area contributed by atoms with Crippen molar-refractivity contribution in [3.8, 4) is 0 Å². The standard InChI is InChI=1S/C20H12.ClH.K/c1-5-13-6-2-11-17-18-12-4-8-14-7-3-10-16(20(14)18)15(9-1)19(13)17;;/h1-12H;1H;/q;;+1/p-1. The first-order chi connectivity index (χ1) is 9.93. The maximum absolute atomic E-state index is 2.25. The van der Waals surface area contributed by atoms with Gasteiger partial charge in [-0.2, -0.15) is 0 Å². The van der Waals surface area contributed by atoms with Crippen molar-refractivity contribution in [2.45, 2.75) is 0 Å². The Morgan fingerprint density at radius 1 is 0.409 bits per heavy atom. The topological polar surface area (TPSA) is 0 Å². The summed E-state index contributed by atoms with van der Waals surface area (Å²) in [5.41, 5.74) is 0. The van der Waals surface area contributed by atoms with Gasteiger partial charge in [0.1, 0.15) is 0 Å². The van der Waals surface area contributed by atoms with E-state index < -0.39 is 0 Å². The van der Waals surface area contributed by atoms with Crippen molar-refractivity contribution >= 4 is 43.1 Å². The van der Waals surface area contributed by atoms with E-state index in [1.165, 1.54) is 43.1 Å². The van der Waals surface area contributed by atoms with E-state index >= 15 is 0 Å². The third-order valence-corrected chi connectivity index (χ3v) is 4.39. The van der Waals surface area contributed by atoms with Gasteiger partial charge in [0.25, 0.3) is 0 Å². The molecule has 0 heterocycles. The maximum Gasteiger partial charge on any atom is 1.00 e. The van der Waals surface area contributed by atoms with E-state index in [0.29, 0.717) is 0 Å². The molecule has 0 saturated carbocycles. The van der Waals surface area contributed by atoms with Gasteiger partial charge >= 0.3 is 51.4 Å². The molecule has 0 spiro atoms. The molecule has 5 aromatic rings. The normalized spacial score (nSPS) is 10.9. The van der Waals surface area contributed by atoms with Crippen LogP contribution in [0.15, 0.2) is 72.8 Å². The summed E-state index contributed by atoms with van der Waals surface area (Å²) in [6.45, 7) is 0. The molecule has 0 saturated heterocycles. The average Bonchev–Trinajstić information content (AvgIpc) is 2.52. The Balaban J connectivity index is 0.000000720. The Morgan fingerprint density at radius 3 is 0.955 bits per heavy atom. The number of hydrogen-bond acceptors (Lipinski definition) is 0. The van der Waals surface area contributed by atoms with Gasteiger partial charge in [-0.3, -0.25) is 0 Å². The first-order valence-electron chi connectivity index (χ1n) is 6.98. The second-order valence-electron chi connectivity index (χ2n) is 5.42. The van der Waals surface area contributed by atoms with E-state index in [9.17, 15) is 0 Å². The Bertz CT molecular complexity index is 929. The fourth-order valence-corrected chi connectivity index (χ4v) is 3.58. The molecule has 2 heteroatoms. The van der Waals surface area contributed by atoms with E-state index in [1.807, 2.05) is 0 Å². The summed E-state index contributed by atoms with van der Waals surface area (Å²) < 4.78 is 0. The molecular weight excluding hydrogens is 315 g/mol. The Hall–Kier alpha value is -0.674. The molecule has 0 amide bonds. The van der Waals surface area contributed by atoms with E-state index in [0.717, 1.165) is 0 Å². The van der Waals surface area contributed by atoms with Crippen molar-refractivity contribution in [3.05, 3.63) is 72.8 Å². The van der Waals surface area contributed by atoms with Crippen molar-refractivity contribution in [2.75, 3.05) is 0 Å². The van der Waals surface area contributed by atoms with Gasteiger partial charge in [0.2, 0.25) is 0 Å². The second kappa shape index (κ2) is 6.08. The van der Waals surface area contributed by atoms with Gasteiger partial charge in [-0.15, -0.1) is 0 Å². The molecule has 0 aliphatic heterocycles. The van der Waals surface area contributed by atoms with E-state index in [4.69, 9.17) is 0 Å². The van der Waals surface area contributed by atoms with Gasteiger partial charge in [-0.05, 0) is 43.1 Å². The molecule has 0 aromatic heterocycles. The van der Waals surface area contributed by atoms with Crippen LogP contribution in [0.4, 0.5) is 0 Å². The fraction of sp³-hybridized carbons (Fsp3) is 0. The van der Waals surface area contributed by atoms with Gasteiger partial charge < -0.3 is 12.4 Å². The number of fused-ring (bicyclic) bond motifs is 2. The van der Waals surface area contributed by atoms with Gasteiger partial charge in [-0.25, -0.2) is 0 Å². The molecule has 0 aliphatic rings. The average molecular weight is 327 g/mol. The maximum atomic E-state index is 2.25. The largest absolute Gasteiger partial charge is 1.00 e. The van der Waals surface area contributed by atoms with Crippen LogP contribution in [-0.4, -0.2) is 0 Å². The van der Waals surface area contributed by atoms with Gasteiger partial charge in [0.05, 0.1) is 0 Å². The summed E-state index contributed by atoms with van der Waals surface area (Å²) in [6, 6.07) is 26.4. The minimum absolute atomic E-state index is 0. The minimum Gasteiger partial charge on any atom is -1.00 e. The zero-order valence-corrected chi connectivity index (χ0v) is 16.2. The Kier molecular flexibility index (Phi) is 4.48. The van der Waals surface area contributed by atoms with Crippen LogP contribution < -0.4 is 63.8 Å². The number of rotatable bonds is 0. The Labute approximate surface area is 177 Å². The predicted molar refractivity (Wildman–Crippen MR) is 87.7 cm³/mol. The molecule has 0 fully saturated rings. The summed E-state index contributed by atoms with van der Waals surface area (Å²) in [5, 5.41) is 10.9. The molecule has 0 atom stereocenters. The minimum atomic E-state index is 0. The van der Waals surface area contributed by atoms with E-state index in [2.05, 4.69) is 72.8 Å². The monoisotopic (exact) mass is 326 g/mol. The SMILES string of the molecule is [Cl-].[K+].c1cc2cccc3c4cccc5cccc(c(c1)c23)c54. The molecule has 22 heavy (non-hydrogen) atoms. The number of hydrogen-bond donors (Lipinski definition) is 0. The summed E-state index contributed by atoms with van der Waals surface area (Å²) in [7, 11) is 0. The summed E-state index contributed by atoms with van der Waals surface area (Å²) in [5.74, 6) is 0.